The van der Waals surface area contributed by atoms with E-state index in [0.29, 0.717) is 17.1 Å². The Morgan fingerprint density at radius 2 is 2.11 bits per heavy atom. The highest BCUT2D eigenvalue weighted by Gasteiger charge is 2.20. The van der Waals surface area contributed by atoms with Crippen LogP contribution in [0.25, 0.3) is 16.6 Å². The molecule has 0 radical (unpaired) electrons. The van der Waals surface area contributed by atoms with Crippen LogP contribution in [0.3, 0.4) is 0 Å². The van der Waals surface area contributed by atoms with Crippen molar-refractivity contribution in [3.8, 4) is 5.75 Å². The van der Waals surface area contributed by atoms with Crippen LogP contribution in [0.4, 0.5) is 17.1 Å². The van der Waals surface area contributed by atoms with Crippen molar-refractivity contribution < 1.29 is 9.53 Å². The number of aryl methyl sites for hydroxylation is 1. The van der Waals surface area contributed by atoms with Gasteiger partial charge in [0.1, 0.15) is 5.75 Å². The van der Waals surface area contributed by atoms with Crippen LogP contribution >= 0.6 is 0 Å². The SMILES string of the molecule is C=CC(=O)Nc1cc(NC2N=CC=C(c3cn(C)c4ccccc34)N2)c(OC)cc1N(C)CCNC. The standard InChI is InChI=1S/C27H33N7O2/c1-6-26(35)30-21-15-22(25(36-5)16-24(21)33(3)14-13-28-2)32-27-29-12-11-20(31-27)19-17-34(4)23-10-8-7-9-18(19)23/h6-12,15-17,27-28,31-32H,1,13-14H2,2-5H3,(H,30,35). The molecule has 1 atom stereocenters. The molecule has 9 heteroatoms. The number of para-hydroxylation sites is 1. The summed E-state index contributed by atoms with van der Waals surface area (Å²) in [6.45, 7) is 5.11. The van der Waals surface area contributed by atoms with Crippen molar-refractivity contribution in [2.45, 2.75) is 6.29 Å². The fourth-order valence-corrected chi connectivity index (χ4v) is 4.23. The molecule has 0 spiro atoms. The number of anilines is 3. The van der Waals surface area contributed by atoms with Gasteiger partial charge < -0.3 is 35.5 Å². The summed E-state index contributed by atoms with van der Waals surface area (Å²) < 4.78 is 7.82. The number of hydrogen-bond acceptors (Lipinski definition) is 7. The largest absolute Gasteiger partial charge is 0.495 e. The van der Waals surface area contributed by atoms with Gasteiger partial charge in [0.05, 0.1) is 24.2 Å². The second kappa shape index (κ2) is 11.0. The number of likely N-dealkylation sites (N-methyl/N-ethyl adjacent to an activating group) is 2. The number of nitrogens with zero attached hydrogens (tertiary/aromatic N) is 3. The van der Waals surface area contributed by atoms with Crippen LogP contribution in [-0.2, 0) is 11.8 Å². The van der Waals surface area contributed by atoms with Crippen molar-refractivity contribution in [3.63, 3.8) is 0 Å². The second-order valence-electron chi connectivity index (χ2n) is 8.53. The molecule has 0 fully saturated rings. The minimum Gasteiger partial charge on any atom is -0.495 e. The molecule has 4 N–H and O–H groups in total. The fourth-order valence-electron chi connectivity index (χ4n) is 4.23. The molecule has 0 bridgehead atoms. The number of methoxy groups -OCH3 is 1. The Labute approximate surface area is 211 Å². The molecular weight excluding hydrogens is 454 g/mol. The molecule has 3 aromatic rings. The van der Waals surface area contributed by atoms with Crippen molar-refractivity contribution in [1.82, 2.24) is 15.2 Å². The summed E-state index contributed by atoms with van der Waals surface area (Å²) in [4.78, 5) is 18.8. The van der Waals surface area contributed by atoms with E-state index in [1.807, 2.05) is 51.5 Å². The first-order valence-electron chi connectivity index (χ1n) is 11.8. The molecule has 188 valence electrons. The fraction of sp³-hybridized carbons (Fsp3) is 0.259. The minimum absolute atomic E-state index is 0.288. The highest BCUT2D eigenvalue weighted by molar-refractivity contribution is 6.02. The van der Waals surface area contributed by atoms with Crippen molar-refractivity contribution >= 4 is 45.8 Å². The van der Waals surface area contributed by atoms with Gasteiger partial charge in [0.2, 0.25) is 5.91 Å². The molecule has 1 aliphatic heterocycles. The topological polar surface area (TPSA) is 95.0 Å². The number of aliphatic imine (C=N–C) groups is 1. The maximum absolute atomic E-state index is 12.2. The maximum Gasteiger partial charge on any atom is 0.247 e. The third kappa shape index (κ3) is 5.21. The van der Waals surface area contributed by atoms with E-state index in [9.17, 15) is 4.79 Å². The normalized spacial score (nSPS) is 14.7. The Balaban J connectivity index is 1.62. The molecular formula is C27H33N7O2. The Kier molecular flexibility index (Phi) is 7.60. The van der Waals surface area contributed by atoms with Crippen LogP contribution in [0.1, 0.15) is 5.56 Å². The number of allylic oxidation sites excluding steroid dienone is 1. The van der Waals surface area contributed by atoms with E-state index in [1.54, 1.807) is 13.3 Å². The summed E-state index contributed by atoms with van der Waals surface area (Å²) in [7, 11) is 7.54. The van der Waals surface area contributed by atoms with E-state index >= 15 is 0 Å². The number of aromatic nitrogens is 1. The van der Waals surface area contributed by atoms with Crippen molar-refractivity contribution in [2.24, 2.45) is 12.0 Å². The number of carbonyl (C=O) groups excluding carboxylic acids is 1. The van der Waals surface area contributed by atoms with Crippen molar-refractivity contribution in [3.05, 3.63) is 66.9 Å². The second-order valence-corrected chi connectivity index (χ2v) is 8.53. The number of rotatable bonds is 10. The number of amides is 1. The predicted molar refractivity (Wildman–Crippen MR) is 149 cm³/mol. The van der Waals surface area contributed by atoms with Gasteiger partial charge in [-0.25, -0.2) is 4.99 Å². The first-order chi connectivity index (χ1) is 17.4. The lowest BCUT2D eigenvalue weighted by atomic mass is 10.1. The number of fused-ring (bicyclic) bond motifs is 1. The molecule has 1 amide bonds. The van der Waals surface area contributed by atoms with Gasteiger partial charge >= 0.3 is 0 Å². The summed E-state index contributed by atoms with van der Waals surface area (Å²) in [6, 6.07) is 12.1. The number of ether oxygens (including phenoxy) is 1. The Morgan fingerprint density at radius 3 is 2.86 bits per heavy atom. The van der Waals surface area contributed by atoms with Crippen LogP contribution in [0, 0.1) is 0 Å². The monoisotopic (exact) mass is 487 g/mol. The summed E-state index contributed by atoms with van der Waals surface area (Å²) in [5, 5.41) is 14.1. The minimum atomic E-state index is -0.436. The van der Waals surface area contributed by atoms with Gasteiger partial charge in [-0.15, -0.1) is 0 Å². The maximum atomic E-state index is 12.2. The molecule has 1 unspecified atom stereocenters. The summed E-state index contributed by atoms with van der Waals surface area (Å²) >= 11 is 0. The zero-order valence-corrected chi connectivity index (χ0v) is 21.1. The summed E-state index contributed by atoms with van der Waals surface area (Å²) in [5.41, 5.74) is 5.38. The summed E-state index contributed by atoms with van der Waals surface area (Å²) in [5.74, 6) is 0.348. The van der Waals surface area contributed by atoms with E-state index in [-0.39, 0.29) is 5.91 Å². The molecule has 9 nitrogen and oxygen atoms in total. The van der Waals surface area contributed by atoms with E-state index in [4.69, 9.17) is 4.74 Å². The van der Waals surface area contributed by atoms with E-state index in [2.05, 4.69) is 60.6 Å². The molecule has 0 saturated heterocycles. The lowest BCUT2D eigenvalue weighted by Crippen LogP contribution is -2.35. The zero-order valence-electron chi connectivity index (χ0n) is 21.1. The number of nitrogens with one attached hydrogen (secondary N) is 4. The molecule has 1 aromatic heterocycles. The average molecular weight is 488 g/mol. The van der Waals surface area contributed by atoms with Gasteiger partial charge in [-0.3, -0.25) is 4.79 Å². The Morgan fingerprint density at radius 1 is 1.31 bits per heavy atom. The molecule has 36 heavy (non-hydrogen) atoms. The smallest absolute Gasteiger partial charge is 0.247 e. The van der Waals surface area contributed by atoms with Gasteiger partial charge in [-0.2, -0.15) is 0 Å². The molecule has 1 aliphatic rings. The van der Waals surface area contributed by atoms with Crippen LogP contribution in [-0.4, -0.2) is 57.3 Å². The molecule has 2 aromatic carbocycles. The Hall–Kier alpha value is -4.24. The van der Waals surface area contributed by atoms with Gasteiger partial charge in [-0.05, 0) is 31.3 Å². The first kappa shape index (κ1) is 24.9. The quantitative estimate of drug-likeness (QED) is 0.328. The van der Waals surface area contributed by atoms with Crippen LogP contribution in [0.2, 0.25) is 0 Å². The van der Waals surface area contributed by atoms with Gasteiger partial charge in [0.25, 0.3) is 0 Å². The van der Waals surface area contributed by atoms with Gasteiger partial charge in [-0.1, -0.05) is 24.8 Å². The predicted octanol–water partition coefficient (Wildman–Crippen LogP) is 3.38. The van der Waals surface area contributed by atoms with E-state index in [1.165, 1.54) is 6.08 Å². The third-order valence-corrected chi connectivity index (χ3v) is 6.12. The van der Waals surface area contributed by atoms with E-state index < -0.39 is 6.29 Å². The Bertz CT molecular complexity index is 1330. The third-order valence-electron chi connectivity index (χ3n) is 6.12. The molecule has 2 heterocycles. The lowest BCUT2D eigenvalue weighted by molar-refractivity contribution is -0.111. The number of carbonyl (C=O) groups is 1. The summed E-state index contributed by atoms with van der Waals surface area (Å²) in [6.07, 6.45) is 6.68. The van der Waals surface area contributed by atoms with Crippen LogP contribution in [0.15, 0.2) is 66.3 Å². The average Bonchev–Trinajstić information content (AvgIpc) is 3.24. The highest BCUT2D eigenvalue weighted by Crippen LogP contribution is 2.37. The van der Waals surface area contributed by atoms with Gasteiger partial charge in [0, 0.05) is 67.8 Å². The number of benzene rings is 2. The van der Waals surface area contributed by atoms with Crippen LogP contribution in [0.5, 0.6) is 5.75 Å². The number of hydrogen-bond donors (Lipinski definition) is 4. The van der Waals surface area contributed by atoms with Crippen molar-refractivity contribution in [1.29, 1.82) is 0 Å². The molecule has 0 aliphatic carbocycles. The van der Waals surface area contributed by atoms with Crippen LogP contribution < -0.4 is 30.9 Å². The van der Waals surface area contributed by atoms with E-state index in [0.717, 1.165) is 40.9 Å². The zero-order chi connectivity index (χ0) is 25.7. The highest BCUT2D eigenvalue weighted by atomic mass is 16.5. The molecule has 0 saturated carbocycles. The first-order valence-corrected chi connectivity index (χ1v) is 11.8. The van der Waals surface area contributed by atoms with Crippen molar-refractivity contribution in [2.75, 3.05) is 49.8 Å². The van der Waals surface area contributed by atoms with Gasteiger partial charge in [0.15, 0.2) is 6.29 Å². The lowest BCUT2D eigenvalue weighted by Gasteiger charge is -2.27. The molecule has 4 rings (SSSR count).